The molecule has 33 heavy (non-hydrogen) atoms. The number of primary amides is 1. The van der Waals surface area contributed by atoms with E-state index in [9.17, 15) is 24.6 Å². The molecule has 3 fully saturated rings. The number of ketones is 2. The molecule has 2 aliphatic heterocycles. The standard InChI is InChI=1S/C25H23NO7/c26-23(31)19-16(28)5-12-3-10-4-14-13(11-6-24(7-11)8-32-9-24)1-2-15(27)18(14)20(29)17(10)22-25(12,33-22)21(19)30/h1-2,10-12,27,30H,3-9H2,(H2,26,31)/t10?,12-,25+/m0/s1. The Morgan fingerprint density at radius 2 is 1.85 bits per heavy atom. The highest BCUT2D eigenvalue weighted by Gasteiger charge is 2.71. The summed E-state index contributed by atoms with van der Waals surface area (Å²) in [5.41, 5.74) is 6.61. The third-order valence-corrected chi connectivity index (χ3v) is 8.77. The van der Waals surface area contributed by atoms with Crippen LogP contribution in [0.2, 0.25) is 0 Å². The van der Waals surface area contributed by atoms with Gasteiger partial charge in [0.2, 0.25) is 5.60 Å². The molecule has 0 radical (unpaired) electrons. The number of ether oxygens (including phenoxy) is 2. The number of carbonyl (C=O) groups excluding carboxylic acids is 3. The fourth-order valence-corrected chi connectivity index (χ4v) is 7.14. The zero-order valence-electron chi connectivity index (χ0n) is 17.8. The fourth-order valence-electron chi connectivity index (χ4n) is 7.14. The number of fused-ring (bicyclic) bond motifs is 2. The summed E-state index contributed by atoms with van der Waals surface area (Å²) >= 11 is 0. The maximum atomic E-state index is 13.7. The predicted molar refractivity (Wildman–Crippen MR) is 112 cm³/mol. The van der Waals surface area contributed by atoms with E-state index in [0.29, 0.717) is 35.7 Å². The van der Waals surface area contributed by atoms with Gasteiger partial charge in [-0.2, -0.15) is 0 Å². The van der Waals surface area contributed by atoms with Crippen molar-refractivity contribution in [2.75, 3.05) is 13.2 Å². The van der Waals surface area contributed by atoms with Crippen LogP contribution in [0.25, 0.3) is 0 Å². The van der Waals surface area contributed by atoms with Crippen molar-refractivity contribution >= 4 is 17.5 Å². The van der Waals surface area contributed by atoms with Gasteiger partial charge in [-0.05, 0) is 54.7 Å². The Hall–Kier alpha value is -3.13. The first-order chi connectivity index (χ1) is 15.8. The molecule has 0 bridgehead atoms. The molecule has 3 atom stereocenters. The summed E-state index contributed by atoms with van der Waals surface area (Å²) in [6, 6.07) is 3.53. The number of amides is 1. The third kappa shape index (κ3) is 2.22. The molecule has 1 saturated carbocycles. The molecule has 4 aliphatic carbocycles. The van der Waals surface area contributed by atoms with Gasteiger partial charge < -0.3 is 25.4 Å². The van der Waals surface area contributed by atoms with Gasteiger partial charge in [-0.25, -0.2) is 0 Å². The quantitative estimate of drug-likeness (QED) is 0.463. The molecule has 1 amide bonds. The summed E-state index contributed by atoms with van der Waals surface area (Å²) in [4.78, 5) is 38.0. The van der Waals surface area contributed by atoms with Gasteiger partial charge in [-0.15, -0.1) is 0 Å². The van der Waals surface area contributed by atoms with E-state index in [1.54, 1.807) is 6.07 Å². The molecule has 2 spiro atoms. The number of carbonyl (C=O) groups is 3. The second kappa shape index (κ2) is 5.86. The summed E-state index contributed by atoms with van der Waals surface area (Å²) in [6.45, 7) is 1.59. The average molecular weight is 449 g/mol. The van der Waals surface area contributed by atoms with Crippen LogP contribution in [-0.4, -0.2) is 46.5 Å². The van der Waals surface area contributed by atoms with Gasteiger partial charge in [0.25, 0.3) is 5.91 Å². The van der Waals surface area contributed by atoms with Crippen LogP contribution in [-0.2, 0) is 25.5 Å². The summed E-state index contributed by atoms with van der Waals surface area (Å²) in [5, 5.41) is 21.4. The Bertz CT molecular complexity index is 1260. The average Bonchev–Trinajstić information content (AvgIpc) is 3.43. The molecular formula is C25H23NO7. The van der Waals surface area contributed by atoms with Crippen LogP contribution in [0, 0.1) is 17.3 Å². The van der Waals surface area contributed by atoms with Crippen LogP contribution >= 0.6 is 0 Å². The number of hydrogen-bond donors (Lipinski definition) is 3. The number of rotatable bonds is 2. The van der Waals surface area contributed by atoms with Crippen LogP contribution in [0.4, 0.5) is 0 Å². The van der Waals surface area contributed by atoms with Crippen LogP contribution in [0.5, 0.6) is 5.75 Å². The molecule has 4 N–H and O–H groups in total. The van der Waals surface area contributed by atoms with Gasteiger partial charge >= 0.3 is 0 Å². The lowest BCUT2D eigenvalue weighted by molar-refractivity contribution is -0.164. The Labute approximate surface area is 189 Å². The van der Waals surface area contributed by atoms with Gasteiger partial charge in [0, 0.05) is 23.3 Å². The summed E-state index contributed by atoms with van der Waals surface area (Å²) in [7, 11) is 0. The maximum Gasteiger partial charge on any atom is 0.255 e. The van der Waals surface area contributed by atoms with Gasteiger partial charge in [0.05, 0.1) is 18.8 Å². The second-order valence-electron chi connectivity index (χ2n) is 10.6. The van der Waals surface area contributed by atoms with E-state index in [-0.39, 0.29) is 35.2 Å². The fraction of sp³-hybridized carbons (Fsp3) is 0.480. The number of hydrogen-bond acceptors (Lipinski definition) is 7. The highest BCUT2D eigenvalue weighted by molar-refractivity contribution is 6.21. The molecule has 2 heterocycles. The number of aliphatic hydroxyl groups excluding tert-OH is 1. The molecule has 170 valence electrons. The van der Waals surface area contributed by atoms with Crippen molar-refractivity contribution in [1.29, 1.82) is 0 Å². The number of aliphatic hydroxyl groups is 1. The number of nitrogens with two attached hydrogens (primary N) is 1. The minimum Gasteiger partial charge on any atom is -0.507 e. The molecule has 8 heteroatoms. The zero-order chi connectivity index (χ0) is 22.9. The topological polar surface area (TPSA) is 139 Å². The van der Waals surface area contributed by atoms with Crippen molar-refractivity contribution in [2.45, 2.75) is 43.6 Å². The lowest BCUT2D eigenvalue weighted by atomic mass is 9.57. The second-order valence-corrected chi connectivity index (χ2v) is 10.6. The van der Waals surface area contributed by atoms with Gasteiger partial charge in [0.15, 0.2) is 23.1 Å². The van der Waals surface area contributed by atoms with Gasteiger partial charge in [-0.3, -0.25) is 14.4 Å². The number of phenolic OH excluding ortho intramolecular Hbond substituents is 1. The molecule has 0 aromatic heterocycles. The molecular weight excluding hydrogens is 426 g/mol. The van der Waals surface area contributed by atoms with Crippen molar-refractivity contribution in [3.63, 3.8) is 0 Å². The monoisotopic (exact) mass is 449 g/mol. The summed E-state index contributed by atoms with van der Waals surface area (Å²) < 4.78 is 11.3. The highest BCUT2D eigenvalue weighted by atomic mass is 16.6. The normalized spacial score (nSPS) is 33.3. The Morgan fingerprint density at radius 1 is 1.09 bits per heavy atom. The largest absolute Gasteiger partial charge is 0.507 e. The van der Waals surface area contributed by atoms with E-state index < -0.39 is 28.6 Å². The molecule has 1 aromatic carbocycles. The van der Waals surface area contributed by atoms with Crippen LogP contribution in [0.1, 0.15) is 53.1 Å². The van der Waals surface area contributed by atoms with Crippen molar-refractivity contribution in [2.24, 2.45) is 23.0 Å². The van der Waals surface area contributed by atoms with Crippen LogP contribution in [0.3, 0.4) is 0 Å². The van der Waals surface area contributed by atoms with Crippen molar-refractivity contribution in [1.82, 2.24) is 0 Å². The van der Waals surface area contributed by atoms with Gasteiger partial charge in [-0.1, -0.05) is 6.07 Å². The van der Waals surface area contributed by atoms with Crippen molar-refractivity contribution in [3.05, 3.63) is 51.5 Å². The molecule has 2 saturated heterocycles. The molecule has 1 unspecified atom stereocenters. The Kier molecular flexibility index (Phi) is 3.43. The number of Topliss-reactive ketones (excluding diaryl/α,β-unsaturated/α-hetero) is 2. The Balaban J connectivity index is 1.32. The number of phenols is 1. The highest BCUT2D eigenvalue weighted by Crippen LogP contribution is 2.65. The van der Waals surface area contributed by atoms with Gasteiger partial charge in [0.1, 0.15) is 11.3 Å². The molecule has 6 aliphatic rings. The lowest BCUT2D eigenvalue weighted by Crippen LogP contribution is -2.51. The van der Waals surface area contributed by atoms with E-state index in [2.05, 4.69) is 0 Å². The van der Waals surface area contributed by atoms with Crippen molar-refractivity contribution in [3.8, 4) is 5.75 Å². The smallest absolute Gasteiger partial charge is 0.255 e. The van der Waals surface area contributed by atoms with Crippen LogP contribution < -0.4 is 5.73 Å². The van der Waals surface area contributed by atoms with E-state index in [1.807, 2.05) is 6.07 Å². The minimum atomic E-state index is -1.31. The number of benzene rings is 1. The van der Waals surface area contributed by atoms with Crippen LogP contribution in [0.15, 0.2) is 34.8 Å². The number of epoxide rings is 1. The summed E-state index contributed by atoms with van der Waals surface area (Å²) in [6.07, 6.45) is 3.13. The zero-order valence-corrected chi connectivity index (χ0v) is 17.8. The SMILES string of the molecule is NC(=O)C1=C(O)[C@@]23OC2=C2C(=O)c4c(O)ccc(C5CC6(COC6)C5)c4CC2C[C@H]3CC1=O. The lowest BCUT2D eigenvalue weighted by Gasteiger charge is -2.54. The molecule has 8 nitrogen and oxygen atoms in total. The van der Waals surface area contributed by atoms with E-state index in [0.717, 1.165) is 37.2 Å². The predicted octanol–water partition coefficient (Wildman–Crippen LogP) is 1.95. The van der Waals surface area contributed by atoms with E-state index in [1.165, 1.54) is 0 Å². The molecule has 1 aromatic rings. The Morgan fingerprint density at radius 3 is 2.52 bits per heavy atom. The van der Waals surface area contributed by atoms with E-state index in [4.69, 9.17) is 15.2 Å². The first kappa shape index (κ1) is 19.3. The van der Waals surface area contributed by atoms with E-state index >= 15 is 0 Å². The summed E-state index contributed by atoms with van der Waals surface area (Å²) in [5.74, 6) is -2.17. The number of allylic oxidation sites excluding steroid dienone is 1. The third-order valence-electron chi connectivity index (χ3n) is 8.77. The first-order valence-electron chi connectivity index (χ1n) is 11.4. The van der Waals surface area contributed by atoms with Crippen molar-refractivity contribution < 1.29 is 34.1 Å². The number of aromatic hydroxyl groups is 1. The first-order valence-corrected chi connectivity index (χ1v) is 11.4. The molecule has 7 rings (SSSR count). The maximum absolute atomic E-state index is 13.7. The minimum absolute atomic E-state index is 0.0364.